The lowest BCUT2D eigenvalue weighted by molar-refractivity contribution is -0.141. The van der Waals surface area contributed by atoms with Gasteiger partial charge < -0.3 is 19.3 Å². The van der Waals surface area contributed by atoms with E-state index >= 15 is 4.39 Å². The molecule has 10 heteroatoms. The summed E-state index contributed by atoms with van der Waals surface area (Å²) in [6, 6.07) is 8.43. The standard InChI is InChI=1S/C25H25FN6O3/c1-31-22(29-20-8-9-21(35-2)30-23(20)31)18-7-6-15(11-19(18)26)17-12-27-25(28-13-17)32-10-4-3-5-16(14-32)24(33)34/h6-9,11-13,16H,3-5,10,14H2,1-2H3,(H,33,34). The fourth-order valence-corrected chi connectivity index (χ4v) is 4.44. The fourth-order valence-electron chi connectivity index (χ4n) is 4.44. The number of anilines is 1. The number of aromatic nitrogens is 5. The minimum absolute atomic E-state index is 0.357. The SMILES string of the molecule is COc1ccc2nc(-c3ccc(-c4cnc(N5CCCCC(C(=O)O)C5)nc4)cc3F)n(C)c2n1. The summed E-state index contributed by atoms with van der Waals surface area (Å²) in [6.07, 6.45) is 5.70. The molecule has 180 valence electrons. The number of aliphatic carboxylic acids is 1. The van der Waals surface area contributed by atoms with E-state index in [1.165, 1.54) is 6.07 Å². The molecule has 9 nitrogen and oxygen atoms in total. The van der Waals surface area contributed by atoms with E-state index in [0.717, 1.165) is 12.8 Å². The Balaban J connectivity index is 1.40. The molecule has 1 aliphatic rings. The molecule has 1 saturated heterocycles. The van der Waals surface area contributed by atoms with E-state index in [2.05, 4.69) is 19.9 Å². The number of carboxylic acids is 1. The lowest BCUT2D eigenvalue weighted by Crippen LogP contribution is -2.32. The normalized spacial score (nSPS) is 16.3. The van der Waals surface area contributed by atoms with Gasteiger partial charge in [0.2, 0.25) is 11.8 Å². The van der Waals surface area contributed by atoms with E-state index < -0.39 is 17.7 Å². The molecule has 5 rings (SSSR count). The van der Waals surface area contributed by atoms with Crippen molar-refractivity contribution in [2.24, 2.45) is 13.0 Å². The van der Waals surface area contributed by atoms with Gasteiger partial charge in [-0.05, 0) is 36.6 Å². The first-order valence-corrected chi connectivity index (χ1v) is 11.4. The zero-order chi connectivity index (χ0) is 24.5. The van der Waals surface area contributed by atoms with Gasteiger partial charge in [-0.3, -0.25) is 4.79 Å². The molecule has 0 aliphatic carbocycles. The van der Waals surface area contributed by atoms with E-state index in [0.29, 0.717) is 65.0 Å². The summed E-state index contributed by atoms with van der Waals surface area (Å²) < 4.78 is 22.1. The predicted octanol–water partition coefficient (Wildman–Crippen LogP) is 3.93. The van der Waals surface area contributed by atoms with Crippen molar-refractivity contribution in [2.45, 2.75) is 19.3 Å². The van der Waals surface area contributed by atoms with E-state index in [1.54, 1.807) is 55.4 Å². The minimum atomic E-state index is -0.792. The summed E-state index contributed by atoms with van der Waals surface area (Å²) in [5, 5.41) is 9.42. The number of hydrogen-bond acceptors (Lipinski definition) is 7. The van der Waals surface area contributed by atoms with Gasteiger partial charge in [0.15, 0.2) is 5.65 Å². The first-order valence-electron chi connectivity index (χ1n) is 11.4. The molecule has 0 saturated carbocycles. The van der Waals surface area contributed by atoms with Crippen LogP contribution in [-0.4, -0.2) is 55.8 Å². The van der Waals surface area contributed by atoms with Crippen molar-refractivity contribution in [3.63, 3.8) is 0 Å². The molecule has 4 aromatic rings. The van der Waals surface area contributed by atoms with Crippen molar-refractivity contribution in [1.29, 1.82) is 0 Å². The maximum atomic E-state index is 15.2. The van der Waals surface area contributed by atoms with Gasteiger partial charge in [-0.2, -0.15) is 4.98 Å². The number of halogens is 1. The summed E-state index contributed by atoms with van der Waals surface area (Å²) in [7, 11) is 3.33. The summed E-state index contributed by atoms with van der Waals surface area (Å²) in [4.78, 5) is 31.2. The third kappa shape index (κ3) is 4.39. The first-order chi connectivity index (χ1) is 16.9. The molecule has 1 N–H and O–H groups in total. The second-order valence-electron chi connectivity index (χ2n) is 8.63. The Bertz CT molecular complexity index is 1390. The van der Waals surface area contributed by atoms with Crippen LogP contribution in [0.5, 0.6) is 5.88 Å². The smallest absolute Gasteiger partial charge is 0.308 e. The van der Waals surface area contributed by atoms with Crippen LogP contribution in [0.1, 0.15) is 19.3 Å². The number of pyridine rings is 1. The number of imidazole rings is 1. The Kier molecular flexibility index (Phi) is 6.02. The van der Waals surface area contributed by atoms with Crippen molar-refractivity contribution in [3.8, 4) is 28.4 Å². The van der Waals surface area contributed by atoms with Crippen LogP contribution in [0.3, 0.4) is 0 Å². The fraction of sp³-hybridized carbons (Fsp3) is 0.320. The molecule has 1 aromatic carbocycles. The highest BCUT2D eigenvalue weighted by atomic mass is 19.1. The highest BCUT2D eigenvalue weighted by Gasteiger charge is 2.25. The van der Waals surface area contributed by atoms with Gasteiger partial charge in [-0.25, -0.2) is 19.3 Å². The number of carbonyl (C=O) groups is 1. The molecule has 4 heterocycles. The van der Waals surface area contributed by atoms with Crippen LogP contribution in [0.15, 0.2) is 42.7 Å². The summed E-state index contributed by atoms with van der Waals surface area (Å²) >= 11 is 0. The average molecular weight is 477 g/mol. The van der Waals surface area contributed by atoms with E-state index in [-0.39, 0.29) is 0 Å². The molecular weight excluding hydrogens is 451 g/mol. The number of nitrogens with zero attached hydrogens (tertiary/aromatic N) is 6. The monoisotopic (exact) mass is 476 g/mol. The zero-order valence-corrected chi connectivity index (χ0v) is 19.5. The molecule has 0 radical (unpaired) electrons. The molecule has 1 unspecified atom stereocenters. The summed E-state index contributed by atoms with van der Waals surface area (Å²) in [5.41, 5.74) is 2.91. The maximum absolute atomic E-state index is 15.2. The van der Waals surface area contributed by atoms with Gasteiger partial charge in [0.1, 0.15) is 17.2 Å². The number of rotatable bonds is 5. The van der Waals surface area contributed by atoms with Gasteiger partial charge in [0.05, 0.1) is 18.6 Å². The van der Waals surface area contributed by atoms with Gasteiger partial charge in [0.25, 0.3) is 0 Å². The van der Waals surface area contributed by atoms with Gasteiger partial charge in [-0.15, -0.1) is 0 Å². The number of ether oxygens (including phenoxy) is 1. The Morgan fingerprint density at radius 3 is 2.63 bits per heavy atom. The zero-order valence-electron chi connectivity index (χ0n) is 19.5. The molecule has 1 fully saturated rings. The number of hydrogen-bond donors (Lipinski definition) is 1. The average Bonchev–Trinajstić information content (AvgIpc) is 3.03. The molecular formula is C25H25FN6O3. The second kappa shape index (κ2) is 9.28. The lowest BCUT2D eigenvalue weighted by atomic mass is 10.0. The minimum Gasteiger partial charge on any atom is -0.481 e. The number of methoxy groups -OCH3 is 1. The van der Waals surface area contributed by atoms with Gasteiger partial charge in [-0.1, -0.05) is 12.5 Å². The van der Waals surface area contributed by atoms with Crippen LogP contribution in [-0.2, 0) is 11.8 Å². The Hall–Kier alpha value is -4.08. The quantitative estimate of drug-likeness (QED) is 0.462. The summed E-state index contributed by atoms with van der Waals surface area (Å²) in [6.45, 7) is 1.10. The van der Waals surface area contributed by atoms with Crippen LogP contribution in [0.2, 0.25) is 0 Å². The topological polar surface area (TPSA) is 106 Å². The first kappa shape index (κ1) is 22.7. The van der Waals surface area contributed by atoms with Crippen LogP contribution >= 0.6 is 0 Å². The van der Waals surface area contributed by atoms with Gasteiger partial charge >= 0.3 is 5.97 Å². The molecule has 1 aliphatic heterocycles. The van der Waals surface area contributed by atoms with Crippen molar-refractivity contribution in [2.75, 3.05) is 25.1 Å². The maximum Gasteiger partial charge on any atom is 0.308 e. The molecule has 0 amide bonds. The number of carboxylic acid groups (broad SMARTS) is 1. The third-order valence-electron chi connectivity index (χ3n) is 6.38. The highest BCUT2D eigenvalue weighted by Crippen LogP contribution is 2.30. The highest BCUT2D eigenvalue weighted by molar-refractivity contribution is 5.78. The van der Waals surface area contributed by atoms with Crippen LogP contribution in [0.25, 0.3) is 33.7 Å². The number of fused-ring (bicyclic) bond motifs is 1. The van der Waals surface area contributed by atoms with E-state index in [4.69, 9.17) is 4.74 Å². The predicted molar refractivity (Wildman–Crippen MR) is 129 cm³/mol. The molecule has 0 spiro atoms. The van der Waals surface area contributed by atoms with Gasteiger partial charge in [0, 0.05) is 44.2 Å². The van der Waals surface area contributed by atoms with Crippen molar-refractivity contribution < 1.29 is 19.0 Å². The van der Waals surface area contributed by atoms with Crippen LogP contribution in [0.4, 0.5) is 10.3 Å². The molecule has 3 aromatic heterocycles. The summed E-state index contributed by atoms with van der Waals surface area (Å²) in [5.74, 6) is -0.230. The van der Waals surface area contributed by atoms with E-state index in [1.807, 2.05) is 4.90 Å². The number of benzene rings is 1. The second-order valence-corrected chi connectivity index (χ2v) is 8.63. The van der Waals surface area contributed by atoms with E-state index in [9.17, 15) is 9.90 Å². The molecule has 0 bridgehead atoms. The lowest BCUT2D eigenvalue weighted by Gasteiger charge is -2.22. The molecule has 35 heavy (non-hydrogen) atoms. The van der Waals surface area contributed by atoms with Crippen molar-refractivity contribution in [3.05, 3.63) is 48.5 Å². The molecule has 1 atom stereocenters. The Morgan fingerprint density at radius 1 is 1.11 bits per heavy atom. The van der Waals surface area contributed by atoms with Crippen molar-refractivity contribution >= 4 is 23.1 Å². The Labute approximate surface area is 201 Å². The largest absolute Gasteiger partial charge is 0.481 e. The third-order valence-corrected chi connectivity index (χ3v) is 6.38. The number of aryl methyl sites for hydroxylation is 1. The van der Waals surface area contributed by atoms with Crippen LogP contribution in [0, 0.1) is 11.7 Å². The van der Waals surface area contributed by atoms with Crippen LogP contribution < -0.4 is 9.64 Å². The van der Waals surface area contributed by atoms with Crippen molar-refractivity contribution in [1.82, 2.24) is 24.5 Å². The Morgan fingerprint density at radius 2 is 1.91 bits per heavy atom.